The number of aromatic amines is 1. The Bertz CT molecular complexity index is 1010. The van der Waals surface area contributed by atoms with Crippen LogP contribution in [0, 0.1) is 3.57 Å². The van der Waals surface area contributed by atoms with E-state index in [-0.39, 0.29) is 11.8 Å². The summed E-state index contributed by atoms with van der Waals surface area (Å²) in [4.78, 5) is 32.1. The molecule has 0 unspecified atom stereocenters. The predicted molar refractivity (Wildman–Crippen MR) is 114 cm³/mol. The summed E-state index contributed by atoms with van der Waals surface area (Å²) in [6, 6.07) is 14.9. The van der Waals surface area contributed by atoms with E-state index in [0.29, 0.717) is 42.5 Å². The van der Waals surface area contributed by atoms with E-state index in [4.69, 9.17) is 11.6 Å². The quantitative estimate of drug-likeness (QED) is 0.548. The van der Waals surface area contributed by atoms with Crippen molar-refractivity contribution in [2.75, 3.05) is 26.2 Å². The molecule has 0 atom stereocenters. The zero-order valence-electron chi connectivity index (χ0n) is 14.4. The van der Waals surface area contributed by atoms with Gasteiger partial charge in [-0.25, -0.2) is 0 Å². The van der Waals surface area contributed by atoms with Crippen molar-refractivity contribution in [2.24, 2.45) is 0 Å². The molecule has 27 heavy (non-hydrogen) atoms. The zero-order valence-corrected chi connectivity index (χ0v) is 17.3. The molecule has 1 aromatic heterocycles. The summed E-state index contributed by atoms with van der Waals surface area (Å²) in [5.74, 6) is -0.0394. The summed E-state index contributed by atoms with van der Waals surface area (Å²) in [5.41, 5.74) is 2.11. The Kier molecular flexibility index (Phi) is 5.10. The molecule has 0 saturated carbocycles. The molecule has 4 rings (SSSR count). The summed E-state index contributed by atoms with van der Waals surface area (Å²) in [5, 5.41) is 1.56. The highest BCUT2D eigenvalue weighted by atomic mass is 127. The number of amides is 2. The van der Waals surface area contributed by atoms with Gasteiger partial charge in [-0.3, -0.25) is 9.59 Å². The molecule has 1 N–H and O–H groups in total. The van der Waals surface area contributed by atoms with Crippen LogP contribution < -0.4 is 0 Å². The molecule has 138 valence electrons. The molecule has 0 aliphatic carbocycles. The Hall–Kier alpha value is -2.06. The van der Waals surface area contributed by atoms with Gasteiger partial charge in [0.2, 0.25) is 0 Å². The minimum absolute atomic E-state index is 0.0127. The molecule has 5 nitrogen and oxygen atoms in total. The largest absolute Gasteiger partial charge is 0.351 e. The van der Waals surface area contributed by atoms with E-state index in [2.05, 4.69) is 27.6 Å². The molecule has 0 bridgehead atoms. The summed E-state index contributed by atoms with van der Waals surface area (Å²) in [6.07, 6.45) is 0. The second kappa shape index (κ2) is 7.52. The minimum atomic E-state index is -0.0521. The van der Waals surface area contributed by atoms with Gasteiger partial charge in [0.25, 0.3) is 11.8 Å². The van der Waals surface area contributed by atoms with Crippen molar-refractivity contribution < 1.29 is 9.59 Å². The number of H-pyrrole nitrogens is 1. The first-order valence-corrected chi connectivity index (χ1v) is 10.1. The number of rotatable bonds is 2. The highest BCUT2D eigenvalue weighted by molar-refractivity contribution is 14.1. The van der Waals surface area contributed by atoms with Crippen molar-refractivity contribution in [2.45, 2.75) is 0 Å². The summed E-state index contributed by atoms with van der Waals surface area (Å²) >= 11 is 8.23. The molecular weight excluding hydrogens is 477 g/mol. The first-order valence-electron chi connectivity index (χ1n) is 8.64. The van der Waals surface area contributed by atoms with Crippen LogP contribution in [-0.2, 0) is 0 Å². The molecule has 1 aliphatic heterocycles. The van der Waals surface area contributed by atoms with Gasteiger partial charge in [0.05, 0.1) is 0 Å². The highest BCUT2D eigenvalue weighted by Crippen LogP contribution is 2.21. The Balaban J connectivity index is 1.42. The van der Waals surface area contributed by atoms with Gasteiger partial charge in [-0.2, -0.15) is 0 Å². The first kappa shape index (κ1) is 18.3. The van der Waals surface area contributed by atoms with Crippen LogP contribution >= 0.6 is 34.2 Å². The van der Waals surface area contributed by atoms with E-state index in [1.165, 1.54) is 0 Å². The van der Waals surface area contributed by atoms with Crippen molar-refractivity contribution in [3.05, 3.63) is 68.4 Å². The van der Waals surface area contributed by atoms with Crippen molar-refractivity contribution in [3.8, 4) is 0 Å². The standard InChI is InChI=1S/C20H17ClIN3O2/c21-15-3-6-17-14(11-15)12-18(23-17)20(27)25-9-7-24(8-10-25)19(26)13-1-4-16(22)5-2-13/h1-6,11-12,23H,7-10H2. The lowest BCUT2D eigenvalue weighted by molar-refractivity contribution is 0.0533. The van der Waals surface area contributed by atoms with Gasteiger partial charge in [-0.1, -0.05) is 11.6 Å². The molecule has 7 heteroatoms. The highest BCUT2D eigenvalue weighted by Gasteiger charge is 2.26. The molecule has 1 saturated heterocycles. The maximum atomic E-state index is 12.8. The number of aromatic nitrogens is 1. The zero-order chi connectivity index (χ0) is 19.0. The number of benzene rings is 2. The van der Waals surface area contributed by atoms with Crippen LogP contribution in [0.4, 0.5) is 0 Å². The maximum Gasteiger partial charge on any atom is 0.270 e. The normalized spacial score (nSPS) is 14.6. The summed E-state index contributed by atoms with van der Waals surface area (Å²) < 4.78 is 1.10. The van der Waals surface area contributed by atoms with Crippen LogP contribution in [-0.4, -0.2) is 52.8 Å². The van der Waals surface area contributed by atoms with E-state index in [9.17, 15) is 9.59 Å². The smallest absolute Gasteiger partial charge is 0.270 e. The Labute approximate surface area is 175 Å². The number of halogens is 2. The maximum absolute atomic E-state index is 12.8. The van der Waals surface area contributed by atoms with E-state index in [1.54, 1.807) is 15.9 Å². The summed E-state index contributed by atoms with van der Waals surface area (Å²) in [7, 11) is 0. The number of hydrogen-bond acceptors (Lipinski definition) is 2. The lowest BCUT2D eigenvalue weighted by Crippen LogP contribution is -2.50. The first-order chi connectivity index (χ1) is 13.0. The second-order valence-electron chi connectivity index (χ2n) is 6.51. The van der Waals surface area contributed by atoms with Crippen molar-refractivity contribution in [1.29, 1.82) is 0 Å². The molecule has 2 heterocycles. The van der Waals surface area contributed by atoms with Gasteiger partial charge in [-0.15, -0.1) is 0 Å². The third kappa shape index (κ3) is 3.82. The summed E-state index contributed by atoms with van der Waals surface area (Å²) in [6.45, 7) is 2.10. The lowest BCUT2D eigenvalue weighted by atomic mass is 10.2. The van der Waals surface area contributed by atoms with E-state index in [0.717, 1.165) is 14.5 Å². The third-order valence-electron chi connectivity index (χ3n) is 4.76. The van der Waals surface area contributed by atoms with Crippen LogP contribution in [0.15, 0.2) is 48.5 Å². The van der Waals surface area contributed by atoms with Gasteiger partial charge < -0.3 is 14.8 Å². The lowest BCUT2D eigenvalue weighted by Gasteiger charge is -2.34. The Morgan fingerprint density at radius 2 is 1.52 bits per heavy atom. The number of fused-ring (bicyclic) bond motifs is 1. The van der Waals surface area contributed by atoms with Crippen LogP contribution in [0.2, 0.25) is 5.02 Å². The second-order valence-corrected chi connectivity index (χ2v) is 8.19. The molecule has 0 spiro atoms. The van der Waals surface area contributed by atoms with Crippen molar-refractivity contribution >= 4 is 56.9 Å². The minimum Gasteiger partial charge on any atom is -0.351 e. The monoisotopic (exact) mass is 493 g/mol. The molecule has 2 amide bonds. The molecule has 3 aromatic rings. The van der Waals surface area contributed by atoms with E-state index in [1.807, 2.05) is 42.5 Å². The SMILES string of the molecule is O=C(c1ccc(I)cc1)N1CCN(C(=O)c2cc3cc(Cl)ccc3[nH]2)CC1. The van der Waals surface area contributed by atoms with Gasteiger partial charge in [0, 0.05) is 51.2 Å². The molecule has 0 radical (unpaired) electrons. The van der Waals surface area contributed by atoms with E-state index < -0.39 is 0 Å². The van der Waals surface area contributed by atoms with Gasteiger partial charge in [0.15, 0.2) is 0 Å². The fourth-order valence-corrected chi connectivity index (χ4v) is 3.82. The fourth-order valence-electron chi connectivity index (χ4n) is 3.28. The van der Waals surface area contributed by atoms with Crippen LogP contribution in [0.1, 0.15) is 20.8 Å². The van der Waals surface area contributed by atoms with Gasteiger partial charge in [-0.05, 0) is 71.1 Å². The number of nitrogens with zero attached hydrogens (tertiary/aromatic N) is 2. The van der Waals surface area contributed by atoms with Crippen LogP contribution in [0.5, 0.6) is 0 Å². The molecule has 2 aromatic carbocycles. The number of piperazine rings is 1. The van der Waals surface area contributed by atoms with Crippen LogP contribution in [0.3, 0.4) is 0 Å². The number of nitrogens with one attached hydrogen (secondary N) is 1. The van der Waals surface area contributed by atoms with Gasteiger partial charge >= 0.3 is 0 Å². The third-order valence-corrected chi connectivity index (χ3v) is 5.71. The fraction of sp³-hybridized carbons (Fsp3) is 0.200. The Morgan fingerprint density at radius 3 is 2.19 bits per heavy atom. The number of carbonyl (C=O) groups excluding carboxylic acids is 2. The van der Waals surface area contributed by atoms with Crippen molar-refractivity contribution in [1.82, 2.24) is 14.8 Å². The molecule has 1 fully saturated rings. The van der Waals surface area contributed by atoms with E-state index >= 15 is 0 Å². The van der Waals surface area contributed by atoms with Crippen LogP contribution in [0.25, 0.3) is 10.9 Å². The predicted octanol–water partition coefficient (Wildman–Crippen LogP) is 4.02. The molecular formula is C20H17ClIN3O2. The average Bonchev–Trinajstić information content (AvgIpc) is 3.11. The Morgan fingerprint density at radius 1 is 0.889 bits per heavy atom. The van der Waals surface area contributed by atoms with Gasteiger partial charge in [0.1, 0.15) is 5.69 Å². The molecule has 1 aliphatic rings. The topological polar surface area (TPSA) is 56.4 Å². The average molecular weight is 494 g/mol. The number of hydrogen-bond donors (Lipinski definition) is 1. The van der Waals surface area contributed by atoms with Crippen molar-refractivity contribution in [3.63, 3.8) is 0 Å². The number of carbonyl (C=O) groups is 2.